The van der Waals surface area contributed by atoms with Gasteiger partial charge < -0.3 is 9.47 Å². The molecular weight excluding hydrogens is 254 g/mol. The fourth-order valence-electron chi connectivity index (χ4n) is 2.48. The molecule has 20 heavy (non-hydrogen) atoms. The molecule has 1 aliphatic heterocycles. The summed E-state index contributed by atoms with van der Waals surface area (Å²) in [5.41, 5.74) is 1.13. The fourth-order valence-corrected chi connectivity index (χ4v) is 2.48. The Morgan fingerprint density at radius 3 is 3.00 bits per heavy atom. The first-order valence-electron chi connectivity index (χ1n) is 6.88. The first-order chi connectivity index (χ1) is 9.60. The van der Waals surface area contributed by atoms with Gasteiger partial charge in [0, 0.05) is 6.42 Å². The largest absolute Gasteiger partial charge is 0.465 e. The smallest absolute Gasteiger partial charge is 0.326 e. The molecule has 2 atom stereocenters. The molecule has 0 aromatic heterocycles. The average Bonchev–Trinajstić information content (AvgIpc) is 2.48. The van der Waals surface area contributed by atoms with Crippen LogP contribution in [0.15, 0.2) is 24.3 Å². The van der Waals surface area contributed by atoms with E-state index in [2.05, 4.69) is 12.1 Å². The van der Waals surface area contributed by atoms with Crippen LogP contribution in [0, 0.1) is 16.7 Å². The minimum atomic E-state index is -1.18. The van der Waals surface area contributed by atoms with E-state index in [1.165, 1.54) is 5.56 Å². The van der Waals surface area contributed by atoms with Crippen molar-refractivity contribution < 1.29 is 14.3 Å². The predicted octanol–water partition coefficient (Wildman–Crippen LogP) is 2.78. The SMILES string of the molecule is CCOC(=O)C(C)(C#N)CC1OCCc2ccccc21. The Balaban J connectivity index is 2.22. The number of hydrogen-bond acceptors (Lipinski definition) is 4. The Kier molecular flexibility index (Phi) is 4.41. The Hall–Kier alpha value is -1.86. The molecule has 4 nitrogen and oxygen atoms in total. The molecule has 0 N–H and O–H groups in total. The van der Waals surface area contributed by atoms with E-state index in [-0.39, 0.29) is 12.7 Å². The predicted molar refractivity (Wildman–Crippen MR) is 73.8 cm³/mol. The zero-order valence-corrected chi connectivity index (χ0v) is 11.9. The molecule has 0 radical (unpaired) electrons. The maximum atomic E-state index is 12.0. The molecule has 1 aliphatic rings. The van der Waals surface area contributed by atoms with Crippen LogP contribution in [0.2, 0.25) is 0 Å². The lowest BCUT2D eigenvalue weighted by atomic mass is 9.82. The molecule has 0 saturated carbocycles. The van der Waals surface area contributed by atoms with Gasteiger partial charge in [-0.15, -0.1) is 0 Å². The van der Waals surface area contributed by atoms with Crippen LogP contribution in [0.5, 0.6) is 0 Å². The molecule has 0 fully saturated rings. The summed E-state index contributed by atoms with van der Waals surface area (Å²) >= 11 is 0. The monoisotopic (exact) mass is 273 g/mol. The maximum Gasteiger partial charge on any atom is 0.326 e. The lowest BCUT2D eigenvalue weighted by Gasteiger charge is -2.30. The second-order valence-electron chi connectivity index (χ2n) is 5.18. The van der Waals surface area contributed by atoms with Crippen LogP contribution in [-0.4, -0.2) is 19.2 Å². The first kappa shape index (κ1) is 14.5. The number of hydrogen-bond donors (Lipinski definition) is 0. The summed E-state index contributed by atoms with van der Waals surface area (Å²) in [6.45, 7) is 4.25. The molecule has 0 amide bonds. The van der Waals surface area contributed by atoms with Crippen molar-refractivity contribution >= 4 is 5.97 Å². The van der Waals surface area contributed by atoms with E-state index in [0.717, 1.165) is 12.0 Å². The van der Waals surface area contributed by atoms with Gasteiger partial charge >= 0.3 is 5.97 Å². The maximum absolute atomic E-state index is 12.0. The molecule has 1 aromatic rings. The highest BCUT2D eigenvalue weighted by atomic mass is 16.5. The Morgan fingerprint density at radius 2 is 2.30 bits per heavy atom. The van der Waals surface area contributed by atoms with Crippen molar-refractivity contribution in [3.05, 3.63) is 35.4 Å². The Morgan fingerprint density at radius 1 is 1.55 bits per heavy atom. The molecular formula is C16H19NO3. The number of esters is 1. The first-order valence-corrected chi connectivity index (χ1v) is 6.88. The number of carbonyl (C=O) groups excluding carboxylic acids is 1. The summed E-state index contributed by atoms with van der Waals surface area (Å²) in [7, 11) is 0. The molecule has 0 aliphatic carbocycles. The lowest BCUT2D eigenvalue weighted by Crippen LogP contribution is -2.32. The van der Waals surface area contributed by atoms with E-state index >= 15 is 0 Å². The Bertz CT molecular complexity index is 535. The molecule has 2 rings (SSSR count). The highest BCUT2D eigenvalue weighted by Gasteiger charge is 2.39. The van der Waals surface area contributed by atoms with Gasteiger partial charge in [-0.1, -0.05) is 24.3 Å². The minimum Gasteiger partial charge on any atom is -0.465 e. The number of carbonyl (C=O) groups is 1. The highest BCUT2D eigenvalue weighted by Crippen LogP contribution is 2.37. The van der Waals surface area contributed by atoms with Crippen LogP contribution < -0.4 is 0 Å². The van der Waals surface area contributed by atoms with Crippen LogP contribution in [0.25, 0.3) is 0 Å². The number of fused-ring (bicyclic) bond motifs is 1. The molecule has 1 aromatic carbocycles. The highest BCUT2D eigenvalue weighted by molar-refractivity contribution is 5.79. The normalized spacial score (nSPS) is 20.4. The van der Waals surface area contributed by atoms with Crippen molar-refractivity contribution in [3.63, 3.8) is 0 Å². The van der Waals surface area contributed by atoms with Crippen LogP contribution in [0.3, 0.4) is 0 Å². The van der Waals surface area contributed by atoms with Gasteiger partial charge in [-0.3, -0.25) is 4.79 Å². The van der Waals surface area contributed by atoms with Crippen LogP contribution in [0.4, 0.5) is 0 Å². The summed E-state index contributed by atoms with van der Waals surface area (Å²) in [5, 5.41) is 9.35. The van der Waals surface area contributed by atoms with Crippen molar-refractivity contribution in [1.29, 1.82) is 5.26 Å². The van der Waals surface area contributed by atoms with E-state index in [9.17, 15) is 10.1 Å². The van der Waals surface area contributed by atoms with E-state index in [1.54, 1.807) is 13.8 Å². The second-order valence-corrected chi connectivity index (χ2v) is 5.18. The van der Waals surface area contributed by atoms with Gasteiger partial charge in [0.05, 0.1) is 25.4 Å². The van der Waals surface area contributed by atoms with Crippen LogP contribution >= 0.6 is 0 Å². The molecule has 0 saturated heterocycles. The van der Waals surface area contributed by atoms with E-state index in [4.69, 9.17) is 9.47 Å². The zero-order chi connectivity index (χ0) is 14.6. The third-order valence-electron chi connectivity index (χ3n) is 3.66. The fraction of sp³-hybridized carbons (Fsp3) is 0.500. The topological polar surface area (TPSA) is 59.3 Å². The number of rotatable bonds is 4. The lowest BCUT2D eigenvalue weighted by molar-refractivity contribution is -0.153. The van der Waals surface area contributed by atoms with Crippen molar-refractivity contribution in [1.82, 2.24) is 0 Å². The van der Waals surface area contributed by atoms with Gasteiger partial charge in [0.25, 0.3) is 0 Å². The molecule has 106 valence electrons. The summed E-state index contributed by atoms with van der Waals surface area (Å²) in [4.78, 5) is 12.0. The number of nitrogens with zero attached hydrogens (tertiary/aromatic N) is 1. The average molecular weight is 273 g/mol. The third kappa shape index (κ3) is 2.83. The van der Waals surface area contributed by atoms with E-state index < -0.39 is 11.4 Å². The van der Waals surface area contributed by atoms with Crippen molar-refractivity contribution in [3.8, 4) is 6.07 Å². The summed E-state index contributed by atoms with van der Waals surface area (Å²) in [6, 6.07) is 10.1. The van der Waals surface area contributed by atoms with E-state index in [1.807, 2.05) is 18.2 Å². The van der Waals surface area contributed by atoms with Crippen LogP contribution in [0.1, 0.15) is 37.5 Å². The van der Waals surface area contributed by atoms with Crippen molar-refractivity contribution in [2.24, 2.45) is 5.41 Å². The number of benzene rings is 1. The zero-order valence-electron chi connectivity index (χ0n) is 11.9. The van der Waals surface area contributed by atoms with Gasteiger partial charge in [0.15, 0.2) is 5.41 Å². The van der Waals surface area contributed by atoms with E-state index in [0.29, 0.717) is 13.0 Å². The van der Waals surface area contributed by atoms with Gasteiger partial charge in [-0.05, 0) is 31.4 Å². The second kappa shape index (κ2) is 6.06. The van der Waals surface area contributed by atoms with Gasteiger partial charge in [0.2, 0.25) is 0 Å². The number of ether oxygens (including phenoxy) is 2. The van der Waals surface area contributed by atoms with Crippen molar-refractivity contribution in [2.45, 2.75) is 32.8 Å². The van der Waals surface area contributed by atoms with Gasteiger partial charge in [0.1, 0.15) is 0 Å². The molecule has 2 unspecified atom stereocenters. The molecule has 4 heteroatoms. The van der Waals surface area contributed by atoms with Crippen molar-refractivity contribution in [2.75, 3.05) is 13.2 Å². The standard InChI is InChI=1S/C16H19NO3/c1-3-19-15(18)16(2,11-17)10-14-13-7-5-4-6-12(13)8-9-20-14/h4-7,14H,3,8-10H2,1-2H3. The summed E-state index contributed by atoms with van der Waals surface area (Å²) < 4.78 is 10.8. The quantitative estimate of drug-likeness (QED) is 0.791. The number of nitriles is 1. The minimum absolute atomic E-state index is 0.228. The molecule has 0 spiro atoms. The third-order valence-corrected chi connectivity index (χ3v) is 3.66. The Labute approximate surface area is 119 Å². The van der Waals surface area contributed by atoms with Gasteiger partial charge in [-0.2, -0.15) is 5.26 Å². The summed E-state index contributed by atoms with van der Waals surface area (Å²) in [5.74, 6) is -0.478. The molecule has 1 heterocycles. The van der Waals surface area contributed by atoms with Crippen LogP contribution in [-0.2, 0) is 20.7 Å². The summed E-state index contributed by atoms with van der Waals surface area (Å²) in [6.07, 6.45) is 0.961. The molecule has 0 bridgehead atoms. The van der Waals surface area contributed by atoms with Gasteiger partial charge in [-0.25, -0.2) is 0 Å².